The normalized spacial score (nSPS) is 16.1. The Kier molecular flexibility index (Phi) is 6.38. The van der Waals surface area contributed by atoms with Crippen molar-refractivity contribution in [3.63, 3.8) is 0 Å². The van der Waals surface area contributed by atoms with Crippen LogP contribution in [0.25, 0.3) is 0 Å². The van der Waals surface area contributed by atoms with Gasteiger partial charge in [0.25, 0.3) is 0 Å². The Morgan fingerprint density at radius 3 is 2.90 bits per heavy atom. The summed E-state index contributed by atoms with van der Waals surface area (Å²) in [7, 11) is 1.92. The summed E-state index contributed by atoms with van der Waals surface area (Å²) in [5.74, 6) is 1.19. The van der Waals surface area contributed by atoms with E-state index in [-0.39, 0.29) is 5.91 Å². The summed E-state index contributed by atoms with van der Waals surface area (Å²) in [5, 5.41) is 4.08. The van der Waals surface area contributed by atoms with E-state index in [9.17, 15) is 4.79 Å². The number of amides is 1. The zero-order valence-electron chi connectivity index (χ0n) is 13.0. The minimum absolute atomic E-state index is 0.276. The van der Waals surface area contributed by atoms with Gasteiger partial charge in [-0.3, -0.25) is 4.79 Å². The van der Waals surface area contributed by atoms with E-state index in [2.05, 4.69) is 26.5 Å². The van der Waals surface area contributed by atoms with E-state index >= 15 is 0 Å². The quantitative estimate of drug-likeness (QED) is 0.798. The minimum Gasteiger partial charge on any atom is -0.345 e. The van der Waals surface area contributed by atoms with Gasteiger partial charge < -0.3 is 15.1 Å². The fourth-order valence-electron chi connectivity index (χ4n) is 2.45. The fraction of sp³-hybridized carbons (Fsp3) is 0.786. The predicted molar refractivity (Wildman–Crippen MR) is 85.9 cm³/mol. The zero-order chi connectivity index (χ0) is 15.1. The third-order valence-electron chi connectivity index (χ3n) is 3.71. The number of hydrogen-bond acceptors (Lipinski definition) is 6. The Labute approximate surface area is 130 Å². The molecule has 118 valence electrons. The van der Waals surface area contributed by atoms with Gasteiger partial charge in [-0.05, 0) is 26.4 Å². The molecule has 1 amide bonds. The average molecular weight is 311 g/mol. The minimum atomic E-state index is 0.276. The van der Waals surface area contributed by atoms with Crippen molar-refractivity contribution in [1.82, 2.24) is 19.6 Å². The third kappa shape index (κ3) is 4.64. The van der Waals surface area contributed by atoms with E-state index in [1.165, 1.54) is 11.5 Å². The molecule has 1 aliphatic rings. The van der Waals surface area contributed by atoms with Crippen molar-refractivity contribution in [1.29, 1.82) is 0 Å². The Morgan fingerprint density at radius 2 is 2.19 bits per heavy atom. The summed E-state index contributed by atoms with van der Waals surface area (Å²) >= 11 is 1.47. The van der Waals surface area contributed by atoms with Gasteiger partial charge in [0.15, 0.2) is 0 Å². The first-order valence-corrected chi connectivity index (χ1v) is 8.51. The molecule has 6 nitrogen and oxygen atoms in total. The van der Waals surface area contributed by atoms with Gasteiger partial charge in [-0.2, -0.15) is 4.37 Å². The highest BCUT2D eigenvalue weighted by Gasteiger charge is 2.20. The van der Waals surface area contributed by atoms with Crippen LogP contribution in [0.3, 0.4) is 0 Å². The highest BCUT2D eigenvalue weighted by atomic mass is 32.1. The van der Waals surface area contributed by atoms with Crippen molar-refractivity contribution in [2.45, 2.75) is 32.6 Å². The van der Waals surface area contributed by atoms with E-state index in [4.69, 9.17) is 0 Å². The number of hydrogen-bond donors (Lipinski definition) is 1. The molecule has 1 aromatic heterocycles. The van der Waals surface area contributed by atoms with Crippen LogP contribution >= 0.6 is 11.5 Å². The SMILES string of the molecule is CCc1nsc(N2CCCN(C(=O)CCCNC)CC2)n1. The summed E-state index contributed by atoms with van der Waals surface area (Å²) in [6.45, 7) is 6.43. The number of carbonyl (C=O) groups is 1. The maximum absolute atomic E-state index is 12.2. The van der Waals surface area contributed by atoms with Gasteiger partial charge >= 0.3 is 0 Å². The second-order valence-electron chi connectivity index (χ2n) is 5.28. The van der Waals surface area contributed by atoms with Crippen LogP contribution in [-0.4, -0.2) is 59.9 Å². The van der Waals surface area contributed by atoms with Crippen LogP contribution in [0.4, 0.5) is 5.13 Å². The lowest BCUT2D eigenvalue weighted by atomic mass is 10.2. The molecule has 1 N–H and O–H groups in total. The maximum atomic E-state index is 12.2. The number of aromatic nitrogens is 2. The van der Waals surface area contributed by atoms with Gasteiger partial charge in [0.2, 0.25) is 11.0 Å². The Morgan fingerprint density at radius 1 is 1.33 bits per heavy atom. The number of rotatable bonds is 6. The first-order valence-electron chi connectivity index (χ1n) is 7.74. The first-order chi connectivity index (χ1) is 10.2. The summed E-state index contributed by atoms with van der Waals surface area (Å²) in [6, 6.07) is 0. The van der Waals surface area contributed by atoms with Crippen molar-refractivity contribution in [2.24, 2.45) is 0 Å². The largest absolute Gasteiger partial charge is 0.345 e. The molecular formula is C14H25N5OS. The average Bonchev–Trinajstić information content (AvgIpc) is 2.84. The summed E-state index contributed by atoms with van der Waals surface area (Å²) in [6.07, 6.45) is 3.42. The monoisotopic (exact) mass is 311 g/mol. The lowest BCUT2D eigenvalue weighted by molar-refractivity contribution is -0.131. The lowest BCUT2D eigenvalue weighted by Gasteiger charge is -2.21. The first kappa shape index (κ1) is 16.2. The molecule has 7 heteroatoms. The number of nitrogens with zero attached hydrogens (tertiary/aromatic N) is 4. The van der Waals surface area contributed by atoms with Crippen molar-refractivity contribution in [2.75, 3.05) is 44.7 Å². The molecule has 1 fully saturated rings. The van der Waals surface area contributed by atoms with Crippen LogP contribution in [0, 0.1) is 0 Å². The molecule has 1 saturated heterocycles. The van der Waals surface area contributed by atoms with E-state index < -0.39 is 0 Å². The van der Waals surface area contributed by atoms with Crippen molar-refractivity contribution in [3.8, 4) is 0 Å². The Balaban J connectivity index is 1.85. The highest BCUT2D eigenvalue weighted by Crippen LogP contribution is 2.19. The number of aryl methyl sites for hydroxylation is 1. The van der Waals surface area contributed by atoms with E-state index in [0.29, 0.717) is 6.42 Å². The van der Waals surface area contributed by atoms with E-state index in [1.54, 1.807) is 0 Å². The molecule has 21 heavy (non-hydrogen) atoms. The van der Waals surface area contributed by atoms with Gasteiger partial charge in [0.05, 0.1) is 0 Å². The highest BCUT2D eigenvalue weighted by molar-refractivity contribution is 7.09. The second-order valence-corrected chi connectivity index (χ2v) is 6.01. The maximum Gasteiger partial charge on any atom is 0.222 e. The number of nitrogens with one attached hydrogen (secondary N) is 1. The fourth-order valence-corrected chi connectivity index (χ4v) is 3.25. The molecule has 2 heterocycles. The third-order valence-corrected chi connectivity index (χ3v) is 4.52. The van der Waals surface area contributed by atoms with Gasteiger partial charge in [-0.15, -0.1) is 0 Å². The molecule has 0 radical (unpaired) electrons. The van der Waals surface area contributed by atoms with Crippen LogP contribution in [-0.2, 0) is 11.2 Å². The predicted octanol–water partition coefficient (Wildman–Crippen LogP) is 1.14. The van der Waals surface area contributed by atoms with Crippen LogP contribution in [0.15, 0.2) is 0 Å². The van der Waals surface area contributed by atoms with Gasteiger partial charge in [0, 0.05) is 50.6 Å². The summed E-state index contributed by atoms with van der Waals surface area (Å²) in [5.41, 5.74) is 0. The molecule has 2 rings (SSSR count). The molecule has 0 unspecified atom stereocenters. The lowest BCUT2D eigenvalue weighted by Crippen LogP contribution is -2.35. The van der Waals surface area contributed by atoms with E-state index in [1.807, 2.05) is 11.9 Å². The van der Waals surface area contributed by atoms with Crippen molar-refractivity contribution in [3.05, 3.63) is 5.82 Å². The second kappa shape index (κ2) is 8.29. The molecule has 0 spiro atoms. The molecule has 0 atom stereocenters. The van der Waals surface area contributed by atoms with Gasteiger partial charge in [-0.25, -0.2) is 4.98 Å². The molecular weight excluding hydrogens is 286 g/mol. The smallest absolute Gasteiger partial charge is 0.222 e. The standard InChI is InChI=1S/C14H25N5OS/c1-3-12-16-14(21-17-12)19-9-5-8-18(10-11-19)13(20)6-4-7-15-2/h15H,3-11H2,1-2H3. The zero-order valence-corrected chi connectivity index (χ0v) is 13.8. The molecule has 0 aliphatic carbocycles. The van der Waals surface area contributed by atoms with Gasteiger partial charge in [-0.1, -0.05) is 6.92 Å². The van der Waals surface area contributed by atoms with Crippen LogP contribution in [0.1, 0.15) is 32.0 Å². The van der Waals surface area contributed by atoms with Crippen LogP contribution < -0.4 is 10.2 Å². The molecule has 0 aromatic carbocycles. The number of anilines is 1. The Hall–Kier alpha value is -1.21. The van der Waals surface area contributed by atoms with Crippen molar-refractivity contribution >= 4 is 22.6 Å². The summed E-state index contributed by atoms with van der Waals surface area (Å²) in [4.78, 5) is 21.0. The molecule has 0 saturated carbocycles. The van der Waals surface area contributed by atoms with Crippen LogP contribution in [0.2, 0.25) is 0 Å². The molecule has 0 bridgehead atoms. The summed E-state index contributed by atoms with van der Waals surface area (Å²) < 4.78 is 4.35. The van der Waals surface area contributed by atoms with Crippen LogP contribution in [0.5, 0.6) is 0 Å². The number of carbonyl (C=O) groups excluding carboxylic acids is 1. The van der Waals surface area contributed by atoms with Crippen molar-refractivity contribution < 1.29 is 4.79 Å². The van der Waals surface area contributed by atoms with E-state index in [0.717, 1.165) is 62.9 Å². The molecule has 1 aromatic rings. The molecule has 1 aliphatic heterocycles. The topological polar surface area (TPSA) is 61.4 Å². The van der Waals surface area contributed by atoms with Gasteiger partial charge in [0.1, 0.15) is 5.82 Å². The Bertz CT molecular complexity index is 450.